The van der Waals surface area contributed by atoms with Crippen LogP contribution in [0, 0.1) is 11.7 Å². The first kappa shape index (κ1) is 20.8. The van der Waals surface area contributed by atoms with Crippen molar-refractivity contribution in [1.82, 2.24) is 0 Å². The molecular weight excluding hydrogens is 373 g/mol. The third kappa shape index (κ3) is 4.94. The lowest BCUT2D eigenvalue weighted by atomic mass is 9.79. The van der Waals surface area contributed by atoms with Crippen LogP contribution in [0.5, 0.6) is 5.75 Å². The third-order valence-corrected chi connectivity index (χ3v) is 5.23. The normalized spacial score (nSPS) is 18.4. The van der Waals surface area contributed by atoms with E-state index in [0.29, 0.717) is 12.3 Å². The number of ether oxygens (including phenoxy) is 1. The van der Waals surface area contributed by atoms with Gasteiger partial charge in [-0.1, -0.05) is 31.9 Å². The smallest absolute Gasteiger partial charge is 0.303 e. The molecule has 0 aromatic heterocycles. The Hall–Kier alpha value is -2.89. The lowest BCUT2D eigenvalue weighted by Gasteiger charge is -2.47. The molecule has 3 rings (SSSR count). The molecule has 1 aliphatic heterocycles. The molecule has 0 aliphatic carbocycles. The number of aliphatic carboxylic acids is 1. The number of amides is 1. The average molecular weight is 399 g/mol. The molecule has 0 spiro atoms. The predicted octanol–water partition coefficient (Wildman–Crippen LogP) is 4.96. The van der Waals surface area contributed by atoms with Gasteiger partial charge in [0.15, 0.2) is 0 Å². The number of hydrogen-bond donors (Lipinski definition) is 1. The van der Waals surface area contributed by atoms with Crippen molar-refractivity contribution in [2.24, 2.45) is 5.92 Å². The summed E-state index contributed by atoms with van der Waals surface area (Å²) in [4.78, 5) is 25.3. The van der Waals surface area contributed by atoms with E-state index in [1.807, 2.05) is 24.3 Å². The molecule has 2 unspecified atom stereocenters. The number of anilines is 1. The standard InChI is InChI=1S/C23H26FNO4/c1-2-3-4-15-29-19-11-5-16(6-12-19)22-20(13-14-21(26)27)23(28)25(22)18-9-7-17(24)8-10-18/h5-12,20,22H,2-4,13-15H2,1H3,(H,26,27). The predicted molar refractivity (Wildman–Crippen MR) is 108 cm³/mol. The number of carbonyl (C=O) groups is 2. The summed E-state index contributed by atoms with van der Waals surface area (Å²) in [6.07, 6.45) is 3.47. The van der Waals surface area contributed by atoms with E-state index in [1.54, 1.807) is 17.0 Å². The van der Waals surface area contributed by atoms with Crippen LogP contribution in [-0.2, 0) is 9.59 Å². The van der Waals surface area contributed by atoms with Crippen molar-refractivity contribution in [3.63, 3.8) is 0 Å². The Kier molecular flexibility index (Phi) is 6.86. The fourth-order valence-electron chi connectivity index (χ4n) is 3.68. The summed E-state index contributed by atoms with van der Waals surface area (Å²) in [5, 5.41) is 9.01. The van der Waals surface area contributed by atoms with Gasteiger partial charge in [0.1, 0.15) is 11.6 Å². The van der Waals surface area contributed by atoms with Gasteiger partial charge in [0, 0.05) is 12.1 Å². The minimum atomic E-state index is -0.924. The Morgan fingerprint density at radius 1 is 1.10 bits per heavy atom. The van der Waals surface area contributed by atoms with Gasteiger partial charge in [-0.15, -0.1) is 0 Å². The zero-order valence-corrected chi connectivity index (χ0v) is 16.5. The van der Waals surface area contributed by atoms with Crippen molar-refractivity contribution < 1.29 is 23.8 Å². The maximum Gasteiger partial charge on any atom is 0.303 e. The van der Waals surface area contributed by atoms with E-state index in [1.165, 1.54) is 12.1 Å². The van der Waals surface area contributed by atoms with E-state index in [0.717, 1.165) is 30.6 Å². The molecule has 6 heteroatoms. The van der Waals surface area contributed by atoms with Gasteiger partial charge in [-0.2, -0.15) is 0 Å². The highest BCUT2D eigenvalue weighted by Gasteiger charge is 2.48. The lowest BCUT2D eigenvalue weighted by molar-refractivity contribution is -0.138. The van der Waals surface area contributed by atoms with Crippen molar-refractivity contribution in [1.29, 1.82) is 0 Å². The minimum Gasteiger partial charge on any atom is -0.494 e. The number of rotatable bonds is 10. The molecule has 1 heterocycles. The number of carboxylic acids is 1. The summed E-state index contributed by atoms with van der Waals surface area (Å²) in [6, 6.07) is 13.1. The molecule has 0 bridgehead atoms. The van der Waals surface area contributed by atoms with E-state index in [9.17, 15) is 14.0 Å². The van der Waals surface area contributed by atoms with Gasteiger partial charge in [-0.05, 0) is 54.8 Å². The highest BCUT2D eigenvalue weighted by atomic mass is 19.1. The summed E-state index contributed by atoms with van der Waals surface area (Å²) >= 11 is 0. The quantitative estimate of drug-likeness (QED) is 0.453. The highest BCUT2D eigenvalue weighted by molar-refractivity contribution is 6.03. The van der Waals surface area contributed by atoms with Gasteiger partial charge in [0.2, 0.25) is 5.91 Å². The van der Waals surface area contributed by atoms with Gasteiger partial charge < -0.3 is 14.7 Å². The van der Waals surface area contributed by atoms with Crippen molar-refractivity contribution >= 4 is 17.6 Å². The second-order valence-corrected chi connectivity index (χ2v) is 7.29. The van der Waals surface area contributed by atoms with Crippen LogP contribution in [0.1, 0.15) is 50.6 Å². The summed E-state index contributed by atoms with van der Waals surface area (Å²) < 4.78 is 19.0. The Bertz CT molecular complexity index is 835. The van der Waals surface area contributed by atoms with Gasteiger partial charge in [-0.25, -0.2) is 4.39 Å². The number of carboxylic acid groups (broad SMARTS) is 1. The second-order valence-electron chi connectivity index (χ2n) is 7.29. The monoisotopic (exact) mass is 399 g/mol. The lowest BCUT2D eigenvalue weighted by Crippen LogP contribution is -2.55. The average Bonchev–Trinajstić information content (AvgIpc) is 2.71. The Labute approximate surface area is 170 Å². The van der Waals surface area contributed by atoms with Crippen LogP contribution in [0.4, 0.5) is 10.1 Å². The molecule has 29 heavy (non-hydrogen) atoms. The number of unbranched alkanes of at least 4 members (excludes halogenated alkanes) is 2. The molecule has 1 amide bonds. The van der Waals surface area contributed by atoms with E-state index >= 15 is 0 Å². The third-order valence-electron chi connectivity index (χ3n) is 5.23. The van der Waals surface area contributed by atoms with Crippen LogP contribution in [0.25, 0.3) is 0 Å². The van der Waals surface area contributed by atoms with Crippen molar-refractivity contribution in [3.05, 3.63) is 59.9 Å². The Balaban J connectivity index is 1.77. The molecule has 154 valence electrons. The van der Waals surface area contributed by atoms with E-state index in [2.05, 4.69) is 6.92 Å². The van der Waals surface area contributed by atoms with Crippen LogP contribution in [0.3, 0.4) is 0 Å². The topological polar surface area (TPSA) is 66.8 Å². The SMILES string of the molecule is CCCCCOc1ccc(C2C(CCC(=O)O)C(=O)N2c2ccc(F)cc2)cc1. The molecule has 5 nitrogen and oxygen atoms in total. The van der Waals surface area contributed by atoms with E-state index < -0.39 is 11.9 Å². The molecule has 0 radical (unpaired) electrons. The summed E-state index contributed by atoms with van der Waals surface area (Å²) in [5.41, 5.74) is 1.51. The summed E-state index contributed by atoms with van der Waals surface area (Å²) in [7, 11) is 0. The van der Waals surface area contributed by atoms with Crippen LogP contribution < -0.4 is 9.64 Å². The zero-order chi connectivity index (χ0) is 20.8. The van der Waals surface area contributed by atoms with Crippen LogP contribution in [0.2, 0.25) is 0 Å². The molecule has 2 atom stereocenters. The number of nitrogens with zero attached hydrogens (tertiary/aromatic N) is 1. The molecular formula is C23H26FNO4. The molecule has 0 saturated carbocycles. The van der Waals surface area contributed by atoms with Crippen LogP contribution in [-0.4, -0.2) is 23.6 Å². The number of hydrogen-bond acceptors (Lipinski definition) is 3. The first-order valence-corrected chi connectivity index (χ1v) is 10.0. The number of halogens is 1. The Morgan fingerprint density at radius 3 is 2.41 bits per heavy atom. The fourth-order valence-corrected chi connectivity index (χ4v) is 3.68. The second kappa shape index (κ2) is 9.54. The number of β-lactam (4-membered cyclic amide) rings is 1. The van der Waals surface area contributed by atoms with Gasteiger partial charge >= 0.3 is 5.97 Å². The fraction of sp³-hybridized carbons (Fsp3) is 0.391. The molecule has 1 aliphatic rings. The number of benzene rings is 2. The summed E-state index contributed by atoms with van der Waals surface area (Å²) in [6.45, 7) is 2.81. The largest absolute Gasteiger partial charge is 0.494 e. The van der Waals surface area contributed by atoms with Gasteiger partial charge in [0.25, 0.3) is 0 Å². The van der Waals surface area contributed by atoms with E-state index in [-0.39, 0.29) is 30.6 Å². The van der Waals surface area contributed by atoms with Crippen molar-refractivity contribution in [2.75, 3.05) is 11.5 Å². The molecule has 2 aromatic rings. The molecule has 1 fully saturated rings. The first-order chi connectivity index (χ1) is 14.0. The summed E-state index contributed by atoms with van der Waals surface area (Å²) in [5.74, 6) is -1.07. The van der Waals surface area contributed by atoms with E-state index in [4.69, 9.17) is 9.84 Å². The van der Waals surface area contributed by atoms with Gasteiger partial charge in [-0.3, -0.25) is 9.59 Å². The van der Waals surface area contributed by atoms with Gasteiger partial charge in [0.05, 0.1) is 18.6 Å². The Morgan fingerprint density at radius 2 is 1.79 bits per heavy atom. The molecule has 2 aromatic carbocycles. The van der Waals surface area contributed by atoms with Crippen molar-refractivity contribution in [3.8, 4) is 5.75 Å². The van der Waals surface area contributed by atoms with Crippen molar-refractivity contribution in [2.45, 2.75) is 45.1 Å². The molecule has 1 N–H and O–H groups in total. The van der Waals surface area contributed by atoms with Crippen LogP contribution >= 0.6 is 0 Å². The maximum atomic E-state index is 13.3. The number of carbonyl (C=O) groups excluding carboxylic acids is 1. The minimum absolute atomic E-state index is 0.0667. The molecule has 1 saturated heterocycles. The highest BCUT2D eigenvalue weighted by Crippen LogP contribution is 2.45. The van der Waals surface area contributed by atoms with Crippen LogP contribution in [0.15, 0.2) is 48.5 Å². The maximum absolute atomic E-state index is 13.3. The zero-order valence-electron chi connectivity index (χ0n) is 16.5. The first-order valence-electron chi connectivity index (χ1n) is 10.0.